The van der Waals surface area contributed by atoms with Gasteiger partial charge in [-0.3, -0.25) is 0 Å². The Bertz CT molecular complexity index is 455. The number of nitrogens with zero attached hydrogens (tertiary/aromatic N) is 3. The predicted molar refractivity (Wildman–Crippen MR) is 65.0 cm³/mol. The van der Waals surface area contributed by atoms with E-state index in [1.165, 1.54) is 18.7 Å². The third-order valence-electron chi connectivity index (χ3n) is 3.05. The Morgan fingerprint density at radius 2 is 1.69 bits per heavy atom. The van der Waals surface area contributed by atoms with Crippen molar-refractivity contribution in [2.75, 3.05) is 18.0 Å². The molecule has 0 bridgehead atoms. The predicted octanol–water partition coefficient (Wildman–Crippen LogP) is 2.47. The number of aromatic nitrogens is 2. The van der Waals surface area contributed by atoms with Crippen LogP contribution in [0.1, 0.15) is 12.8 Å². The Balaban J connectivity index is 1.99. The normalized spacial score (nSPS) is 15.6. The fourth-order valence-corrected chi connectivity index (χ4v) is 2.25. The molecular weight excluding hydrogens is 198 g/mol. The minimum Gasteiger partial charge on any atom is -0.357 e. The van der Waals surface area contributed by atoms with E-state index in [-0.39, 0.29) is 0 Å². The maximum Gasteiger partial charge on any atom is 0.132 e. The first-order valence-electron chi connectivity index (χ1n) is 5.79. The van der Waals surface area contributed by atoms with Crippen LogP contribution in [0.4, 0.5) is 5.82 Å². The molecule has 1 aliphatic heterocycles. The summed E-state index contributed by atoms with van der Waals surface area (Å²) in [7, 11) is 0. The second-order valence-electron chi connectivity index (χ2n) is 4.13. The number of anilines is 1. The van der Waals surface area contributed by atoms with Crippen molar-refractivity contribution in [2.24, 2.45) is 0 Å². The number of hydrogen-bond acceptors (Lipinski definition) is 2. The molecule has 0 amide bonds. The van der Waals surface area contributed by atoms with Gasteiger partial charge in [0.05, 0.1) is 11.9 Å². The van der Waals surface area contributed by atoms with Gasteiger partial charge in [0.25, 0.3) is 0 Å². The minimum atomic E-state index is 1.13. The summed E-state index contributed by atoms with van der Waals surface area (Å²) in [6.45, 7) is 2.30. The van der Waals surface area contributed by atoms with Crippen LogP contribution in [-0.2, 0) is 0 Å². The molecule has 0 N–H and O–H groups in total. The lowest BCUT2D eigenvalue weighted by atomic mass is 10.3. The van der Waals surface area contributed by atoms with Gasteiger partial charge < -0.3 is 4.90 Å². The highest BCUT2D eigenvalue weighted by Gasteiger charge is 2.16. The molecule has 2 heterocycles. The van der Waals surface area contributed by atoms with Crippen LogP contribution >= 0.6 is 0 Å². The van der Waals surface area contributed by atoms with Gasteiger partial charge in [-0.1, -0.05) is 18.2 Å². The molecule has 82 valence electrons. The summed E-state index contributed by atoms with van der Waals surface area (Å²) in [5.74, 6) is 1.21. The van der Waals surface area contributed by atoms with Gasteiger partial charge in [0.1, 0.15) is 5.82 Å². The van der Waals surface area contributed by atoms with E-state index >= 15 is 0 Å². The summed E-state index contributed by atoms with van der Waals surface area (Å²) >= 11 is 0. The van der Waals surface area contributed by atoms with Crippen LogP contribution in [0.3, 0.4) is 0 Å². The van der Waals surface area contributed by atoms with Crippen LogP contribution < -0.4 is 4.90 Å². The summed E-state index contributed by atoms with van der Waals surface area (Å²) < 4.78 is 2.02. The van der Waals surface area contributed by atoms with Crippen LogP contribution in [0.5, 0.6) is 0 Å². The van der Waals surface area contributed by atoms with Crippen molar-refractivity contribution in [1.29, 1.82) is 0 Å². The molecule has 1 aromatic heterocycles. The van der Waals surface area contributed by atoms with Crippen LogP contribution in [0, 0.1) is 0 Å². The zero-order valence-corrected chi connectivity index (χ0v) is 9.21. The van der Waals surface area contributed by atoms with Crippen LogP contribution in [0.2, 0.25) is 0 Å². The number of benzene rings is 1. The van der Waals surface area contributed by atoms with Gasteiger partial charge in [0, 0.05) is 19.2 Å². The average Bonchev–Trinajstić information content (AvgIpc) is 3.01. The van der Waals surface area contributed by atoms with E-state index in [0.717, 1.165) is 18.8 Å². The molecule has 3 rings (SSSR count). The fraction of sp³-hybridized carbons (Fsp3) is 0.308. The van der Waals surface area contributed by atoms with Gasteiger partial charge in [-0.2, -0.15) is 5.10 Å². The highest BCUT2D eigenvalue weighted by Crippen LogP contribution is 2.22. The molecule has 0 spiro atoms. The van der Waals surface area contributed by atoms with Gasteiger partial charge in [-0.05, 0) is 25.0 Å². The van der Waals surface area contributed by atoms with Gasteiger partial charge in [0.15, 0.2) is 0 Å². The Kier molecular flexibility index (Phi) is 2.37. The topological polar surface area (TPSA) is 21.1 Å². The summed E-state index contributed by atoms with van der Waals surface area (Å²) in [6.07, 6.45) is 4.46. The van der Waals surface area contributed by atoms with Gasteiger partial charge in [0.2, 0.25) is 0 Å². The van der Waals surface area contributed by atoms with Crippen LogP contribution in [-0.4, -0.2) is 22.9 Å². The lowest BCUT2D eigenvalue weighted by Crippen LogP contribution is -2.21. The van der Waals surface area contributed by atoms with E-state index in [0.29, 0.717) is 0 Å². The molecule has 0 saturated carbocycles. The van der Waals surface area contributed by atoms with Crippen LogP contribution in [0.25, 0.3) is 5.69 Å². The molecule has 3 heteroatoms. The zero-order chi connectivity index (χ0) is 10.8. The van der Waals surface area contributed by atoms with E-state index in [2.05, 4.69) is 28.2 Å². The Labute approximate surface area is 95.3 Å². The SMILES string of the molecule is c1ccc(-n2nccc2N2CCCC2)cc1. The molecule has 1 saturated heterocycles. The Morgan fingerprint density at radius 1 is 0.938 bits per heavy atom. The number of rotatable bonds is 2. The maximum atomic E-state index is 4.41. The van der Waals surface area contributed by atoms with E-state index < -0.39 is 0 Å². The zero-order valence-electron chi connectivity index (χ0n) is 9.21. The van der Waals surface area contributed by atoms with E-state index in [9.17, 15) is 0 Å². The van der Waals surface area contributed by atoms with Crippen LogP contribution in [0.15, 0.2) is 42.6 Å². The maximum absolute atomic E-state index is 4.41. The van der Waals surface area contributed by atoms with E-state index in [1.807, 2.05) is 29.1 Å². The molecule has 1 aromatic carbocycles. The first-order chi connectivity index (χ1) is 7.95. The molecule has 16 heavy (non-hydrogen) atoms. The average molecular weight is 213 g/mol. The van der Waals surface area contributed by atoms with Gasteiger partial charge >= 0.3 is 0 Å². The van der Waals surface area contributed by atoms with E-state index in [4.69, 9.17) is 0 Å². The second-order valence-corrected chi connectivity index (χ2v) is 4.13. The first kappa shape index (κ1) is 9.46. The van der Waals surface area contributed by atoms with Crippen molar-refractivity contribution >= 4 is 5.82 Å². The summed E-state index contributed by atoms with van der Waals surface area (Å²) in [4.78, 5) is 2.40. The molecule has 0 atom stereocenters. The van der Waals surface area contributed by atoms with E-state index in [1.54, 1.807) is 0 Å². The summed E-state index contributed by atoms with van der Waals surface area (Å²) in [5.41, 5.74) is 1.13. The third-order valence-corrected chi connectivity index (χ3v) is 3.05. The molecule has 1 aliphatic rings. The van der Waals surface area contributed by atoms with Crippen molar-refractivity contribution in [3.8, 4) is 5.69 Å². The lowest BCUT2D eigenvalue weighted by Gasteiger charge is -2.18. The Hall–Kier alpha value is -1.77. The molecule has 0 unspecified atom stereocenters. The lowest BCUT2D eigenvalue weighted by molar-refractivity contribution is 0.824. The molecule has 1 fully saturated rings. The third kappa shape index (κ3) is 1.58. The first-order valence-corrected chi connectivity index (χ1v) is 5.79. The smallest absolute Gasteiger partial charge is 0.132 e. The quantitative estimate of drug-likeness (QED) is 0.764. The number of hydrogen-bond donors (Lipinski definition) is 0. The number of para-hydroxylation sites is 1. The van der Waals surface area contributed by atoms with Crippen molar-refractivity contribution in [1.82, 2.24) is 9.78 Å². The molecule has 2 aromatic rings. The summed E-state index contributed by atoms with van der Waals surface area (Å²) in [6, 6.07) is 12.4. The minimum absolute atomic E-state index is 1.13. The monoisotopic (exact) mass is 213 g/mol. The molecule has 0 aliphatic carbocycles. The Morgan fingerprint density at radius 3 is 2.44 bits per heavy atom. The summed E-state index contributed by atoms with van der Waals surface area (Å²) in [5, 5.41) is 4.41. The van der Waals surface area contributed by atoms with Crippen molar-refractivity contribution in [3.63, 3.8) is 0 Å². The van der Waals surface area contributed by atoms with Crippen molar-refractivity contribution in [2.45, 2.75) is 12.8 Å². The standard InChI is InChI=1S/C13H15N3/c1-2-6-12(7-3-1)16-13(8-9-14-16)15-10-4-5-11-15/h1-3,6-9H,4-5,10-11H2. The van der Waals surface area contributed by atoms with Gasteiger partial charge in [-0.25, -0.2) is 4.68 Å². The second kappa shape index (κ2) is 4.00. The highest BCUT2D eigenvalue weighted by molar-refractivity contribution is 5.47. The highest BCUT2D eigenvalue weighted by atomic mass is 15.4. The largest absolute Gasteiger partial charge is 0.357 e. The molecule has 3 nitrogen and oxygen atoms in total. The van der Waals surface area contributed by atoms with Crippen molar-refractivity contribution < 1.29 is 0 Å². The van der Waals surface area contributed by atoms with Gasteiger partial charge in [-0.15, -0.1) is 0 Å². The molecule has 0 radical (unpaired) electrons. The fourth-order valence-electron chi connectivity index (χ4n) is 2.25. The van der Waals surface area contributed by atoms with Crippen molar-refractivity contribution in [3.05, 3.63) is 42.6 Å². The molecular formula is C13H15N3.